The van der Waals surface area contributed by atoms with Crippen molar-refractivity contribution >= 4 is 5.69 Å². The third kappa shape index (κ3) is 4.81. The van der Waals surface area contributed by atoms with Crippen molar-refractivity contribution in [3.05, 3.63) is 87.5 Å². The number of piperazine rings is 1. The van der Waals surface area contributed by atoms with Crippen LogP contribution in [0.15, 0.2) is 64.0 Å². The minimum atomic E-state index is -0.458. The Balaban J connectivity index is 1.23. The van der Waals surface area contributed by atoms with E-state index < -0.39 is 5.63 Å². The second-order valence-corrected chi connectivity index (χ2v) is 9.07. The van der Waals surface area contributed by atoms with Crippen LogP contribution < -0.4 is 15.3 Å². The lowest BCUT2D eigenvalue weighted by Crippen LogP contribution is -2.46. The highest BCUT2D eigenvalue weighted by Crippen LogP contribution is 2.27. The largest absolute Gasteiger partial charge is 0.507 e. The smallest absolute Gasteiger partial charge is 0.343 e. The number of nitrogens with zero attached hydrogens (tertiary/aromatic N) is 3. The van der Waals surface area contributed by atoms with Crippen LogP contribution in [0.2, 0.25) is 0 Å². The van der Waals surface area contributed by atoms with Crippen molar-refractivity contribution < 1.29 is 14.3 Å². The first-order valence-corrected chi connectivity index (χ1v) is 11.8. The minimum absolute atomic E-state index is 0.0744. The molecule has 3 aromatic rings. The summed E-state index contributed by atoms with van der Waals surface area (Å²) >= 11 is 0. The van der Waals surface area contributed by atoms with E-state index in [1.165, 1.54) is 17.4 Å². The molecule has 0 radical (unpaired) electrons. The molecule has 3 heterocycles. The summed E-state index contributed by atoms with van der Waals surface area (Å²) < 4.78 is 10.7. The summed E-state index contributed by atoms with van der Waals surface area (Å²) in [7, 11) is 1.67. The Morgan fingerprint density at radius 3 is 2.53 bits per heavy atom. The summed E-state index contributed by atoms with van der Waals surface area (Å²) in [6.45, 7) is 5.95. The third-order valence-electron chi connectivity index (χ3n) is 6.92. The molecule has 0 spiro atoms. The summed E-state index contributed by atoms with van der Waals surface area (Å²) in [6, 6.07) is 16.5. The highest BCUT2D eigenvalue weighted by atomic mass is 16.5. The number of hydrogen-bond donors (Lipinski definition) is 1. The maximum absolute atomic E-state index is 12.5. The lowest BCUT2D eigenvalue weighted by molar-refractivity contribution is 0.230. The van der Waals surface area contributed by atoms with Crippen LogP contribution in [0.1, 0.15) is 22.3 Å². The molecule has 1 N–H and O–H groups in total. The van der Waals surface area contributed by atoms with E-state index in [1.807, 2.05) is 18.2 Å². The van der Waals surface area contributed by atoms with Crippen LogP contribution in [0.3, 0.4) is 0 Å². The van der Waals surface area contributed by atoms with Gasteiger partial charge in [-0.25, -0.2) is 4.79 Å². The Kier molecular flexibility index (Phi) is 6.56. The predicted octanol–water partition coefficient (Wildman–Crippen LogP) is 3.23. The fraction of sp³-hybridized carbons (Fsp3) is 0.370. The molecule has 0 saturated carbocycles. The van der Waals surface area contributed by atoms with Gasteiger partial charge in [0.1, 0.15) is 17.8 Å². The molecule has 0 unspecified atom stereocenters. The molecule has 2 aliphatic rings. The molecule has 0 bridgehead atoms. The molecule has 1 fully saturated rings. The number of fused-ring (bicyclic) bond motifs is 1. The van der Waals surface area contributed by atoms with Crippen LogP contribution in [0.4, 0.5) is 5.69 Å². The number of anilines is 1. The first-order chi connectivity index (χ1) is 16.6. The van der Waals surface area contributed by atoms with Crippen LogP contribution in [0.5, 0.6) is 11.5 Å². The summed E-state index contributed by atoms with van der Waals surface area (Å²) in [4.78, 5) is 19.3. The topological polar surface area (TPSA) is 69.4 Å². The van der Waals surface area contributed by atoms with Crippen molar-refractivity contribution in [2.75, 3.05) is 44.7 Å². The standard InChI is InChI=1S/C27H31N3O4/c1-33-24-8-4-7-23(15-24)30-13-11-28(12-14-30)18-25-26(31)22(19-34-27(25)32)17-29-10-9-20-5-2-3-6-21(20)16-29/h2-8,15,19,31H,9-14,16-18H2,1H3. The zero-order chi connectivity index (χ0) is 23.5. The highest BCUT2D eigenvalue weighted by Gasteiger charge is 2.23. The molecular weight excluding hydrogens is 430 g/mol. The van der Waals surface area contributed by atoms with Crippen molar-refractivity contribution in [2.45, 2.75) is 26.1 Å². The van der Waals surface area contributed by atoms with Gasteiger partial charge in [-0.05, 0) is 29.7 Å². The second-order valence-electron chi connectivity index (χ2n) is 9.07. The lowest BCUT2D eigenvalue weighted by atomic mass is 9.99. The Hall–Kier alpha value is -3.29. The van der Waals surface area contributed by atoms with E-state index in [-0.39, 0.29) is 5.75 Å². The molecule has 34 heavy (non-hydrogen) atoms. The van der Waals surface area contributed by atoms with Gasteiger partial charge >= 0.3 is 5.63 Å². The number of hydrogen-bond acceptors (Lipinski definition) is 7. The Bertz CT molecular complexity index is 1200. The zero-order valence-electron chi connectivity index (χ0n) is 19.6. The van der Waals surface area contributed by atoms with E-state index in [0.717, 1.165) is 57.1 Å². The molecule has 5 rings (SSSR count). The summed E-state index contributed by atoms with van der Waals surface area (Å²) in [5, 5.41) is 11.0. The molecule has 0 atom stereocenters. The summed E-state index contributed by atoms with van der Waals surface area (Å²) in [5.41, 5.74) is 4.40. The van der Waals surface area contributed by atoms with Gasteiger partial charge in [-0.3, -0.25) is 9.80 Å². The second kappa shape index (κ2) is 9.91. The van der Waals surface area contributed by atoms with Crippen molar-refractivity contribution in [3.63, 3.8) is 0 Å². The zero-order valence-corrected chi connectivity index (χ0v) is 19.6. The van der Waals surface area contributed by atoms with Crippen LogP contribution in [-0.4, -0.2) is 54.7 Å². The third-order valence-corrected chi connectivity index (χ3v) is 6.92. The van der Waals surface area contributed by atoms with E-state index in [0.29, 0.717) is 24.2 Å². The molecule has 1 aromatic heterocycles. The summed E-state index contributed by atoms with van der Waals surface area (Å²) in [5.74, 6) is 0.918. The Labute approximate surface area is 199 Å². The van der Waals surface area contributed by atoms with Crippen molar-refractivity contribution in [1.82, 2.24) is 9.80 Å². The molecular formula is C27H31N3O4. The van der Waals surface area contributed by atoms with Crippen LogP contribution in [0, 0.1) is 0 Å². The van der Waals surface area contributed by atoms with Crippen LogP contribution in [0.25, 0.3) is 0 Å². The molecule has 0 aliphatic carbocycles. The Morgan fingerprint density at radius 2 is 1.74 bits per heavy atom. The maximum atomic E-state index is 12.5. The van der Waals surface area contributed by atoms with Crippen molar-refractivity contribution in [1.29, 1.82) is 0 Å². The van der Waals surface area contributed by atoms with E-state index in [1.54, 1.807) is 7.11 Å². The van der Waals surface area contributed by atoms with Gasteiger partial charge in [0.15, 0.2) is 0 Å². The highest BCUT2D eigenvalue weighted by molar-refractivity contribution is 5.51. The first-order valence-electron chi connectivity index (χ1n) is 11.8. The quantitative estimate of drug-likeness (QED) is 0.604. The van der Waals surface area contributed by atoms with Crippen molar-refractivity contribution in [2.24, 2.45) is 0 Å². The Morgan fingerprint density at radius 1 is 0.941 bits per heavy atom. The van der Waals surface area contributed by atoms with Crippen LogP contribution >= 0.6 is 0 Å². The van der Waals surface area contributed by atoms with Gasteiger partial charge in [0.05, 0.1) is 12.7 Å². The number of methoxy groups -OCH3 is 1. The minimum Gasteiger partial charge on any atom is -0.507 e. The normalized spacial score (nSPS) is 16.9. The fourth-order valence-corrected chi connectivity index (χ4v) is 4.92. The fourth-order valence-electron chi connectivity index (χ4n) is 4.92. The van der Waals surface area contributed by atoms with E-state index in [9.17, 15) is 9.90 Å². The molecule has 2 aliphatic heterocycles. The summed E-state index contributed by atoms with van der Waals surface area (Å²) in [6.07, 6.45) is 2.40. The van der Waals surface area contributed by atoms with Gasteiger partial charge in [-0.15, -0.1) is 0 Å². The average molecular weight is 462 g/mol. The molecule has 7 nitrogen and oxygen atoms in total. The van der Waals surface area contributed by atoms with Gasteiger partial charge < -0.3 is 19.2 Å². The number of aromatic hydroxyl groups is 1. The number of ether oxygens (including phenoxy) is 1. The maximum Gasteiger partial charge on any atom is 0.343 e. The van der Waals surface area contributed by atoms with E-state index in [4.69, 9.17) is 9.15 Å². The predicted molar refractivity (Wildman–Crippen MR) is 131 cm³/mol. The van der Waals surface area contributed by atoms with Gasteiger partial charge in [0, 0.05) is 69.7 Å². The van der Waals surface area contributed by atoms with Crippen molar-refractivity contribution in [3.8, 4) is 11.5 Å². The monoisotopic (exact) mass is 461 g/mol. The van der Waals surface area contributed by atoms with E-state index >= 15 is 0 Å². The van der Waals surface area contributed by atoms with E-state index in [2.05, 4.69) is 45.0 Å². The SMILES string of the molecule is COc1cccc(N2CCN(Cc3c(O)c(CN4CCc5ccccc5C4)coc3=O)CC2)c1. The molecule has 1 saturated heterocycles. The molecule has 7 heteroatoms. The molecule has 2 aromatic carbocycles. The average Bonchev–Trinajstić information content (AvgIpc) is 2.88. The van der Waals surface area contributed by atoms with Gasteiger partial charge in [0.25, 0.3) is 0 Å². The van der Waals surface area contributed by atoms with Gasteiger partial charge in [-0.1, -0.05) is 30.3 Å². The first kappa shape index (κ1) is 22.5. The van der Waals surface area contributed by atoms with Crippen LogP contribution in [-0.2, 0) is 26.1 Å². The number of rotatable bonds is 6. The number of benzene rings is 2. The van der Waals surface area contributed by atoms with Gasteiger partial charge in [0.2, 0.25) is 0 Å². The lowest BCUT2D eigenvalue weighted by Gasteiger charge is -2.36. The molecule has 0 amide bonds. The van der Waals surface area contributed by atoms with Gasteiger partial charge in [-0.2, -0.15) is 0 Å². The molecule has 178 valence electrons.